The van der Waals surface area contributed by atoms with Crippen molar-refractivity contribution in [3.63, 3.8) is 0 Å². The predicted octanol–water partition coefficient (Wildman–Crippen LogP) is 4.21. The number of hydrogen-bond acceptors (Lipinski definition) is 4. The van der Waals surface area contributed by atoms with E-state index in [1.54, 1.807) is 23.9 Å². The van der Waals surface area contributed by atoms with Crippen LogP contribution < -0.4 is 15.4 Å². The summed E-state index contributed by atoms with van der Waals surface area (Å²) in [4.78, 5) is 25.5. The summed E-state index contributed by atoms with van der Waals surface area (Å²) in [5, 5.41) is 6.48. The SMILES string of the molecule is CSCCC(NC(=O)c1ccc(Cl)cc1Cl)C(=O)NCC1COc2ccccc2C1. The predicted molar refractivity (Wildman–Crippen MR) is 123 cm³/mol. The first-order valence-corrected chi connectivity index (χ1v) is 11.9. The molecule has 2 aromatic rings. The summed E-state index contributed by atoms with van der Waals surface area (Å²) in [6.07, 6.45) is 3.33. The summed E-state index contributed by atoms with van der Waals surface area (Å²) >= 11 is 13.7. The Morgan fingerprint density at radius 2 is 2.03 bits per heavy atom. The molecule has 2 aromatic carbocycles. The number of carbonyl (C=O) groups excluding carboxylic acids is 2. The molecule has 0 fully saturated rings. The van der Waals surface area contributed by atoms with E-state index in [1.165, 1.54) is 6.07 Å². The lowest BCUT2D eigenvalue weighted by molar-refractivity contribution is -0.123. The normalized spacial score (nSPS) is 16.2. The number of amides is 2. The maximum absolute atomic E-state index is 12.8. The molecule has 0 aliphatic carbocycles. The zero-order valence-corrected chi connectivity index (χ0v) is 18.9. The average Bonchev–Trinajstić information content (AvgIpc) is 2.74. The molecular formula is C22H24Cl2N2O3S. The molecule has 30 heavy (non-hydrogen) atoms. The number of para-hydroxylation sites is 1. The van der Waals surface area contributed by atoms with Crippen LogP contribution in [0, 0.1) is 5.92 Å². The Labute approximate surface area is 190 Å². The smallest absolute Gasteiger partial charge is 0.253 e. The number of rotatable bonds is 8. The third-order valence-corrected chi connectivity index (χ3v) is 6.12. The van der Waals surface area contributed by atoms with Crippen molar-refractivity contribution >= 4 is 46.8 Å². The zero-order chi connectivity index (χ0) is 21.5. The quantitative estimate of drug-likeness (QED) is 0.611. The van der Waals surface area contributed by atoms with Gasteiger partial charge in [0.05, 0.1) is 17.2 Å². The summed E-state index contributed by atoms with van der Waals surface area (Å²) in [6, 6.07) is 12.0. The molecule has 0 radical (unpaired) electrons. The maximum Gasteiger partial charge on any atom is 0.253 e. The fourth-order valence-corrected chi connectivity index (χ4v) is 4.27. The second-order valence-electron chi connectivity index (χ2n) is 7.17. The zero-order valence-electron chi connectivity index (χ0n) is 16.6. The number of carbonyl (C=O) groups is 2. The van der Waals surface area contributed by atoms with Crippen LogP contribution in [0.1, 0.15) is 22.3 Å². The van der Waals surface area contributed by atoms with Gasteiger partial charge < -0.3 is 15.4 Å². The first kappa shape index (κ1) is 22.8. The highest BCUT2D eigenvalue weighted by Gasteiger charge is 2.25. The number of ether oxygens (including phenoxy) is 1. The number of nitrogens with one attached hydrogen (secondary N) is 2. The Bertz CT molecular complexity index is 910. The maximum atomic E-state index is 12.8. The lowest BCUT2D eigenvalue weighted by Gasteiger charge is -2.26. The topological polar surface area (TPSA) is 67.4 Å². The standard InChI is InChI=1S/C22H24Cl2N2O3S/c1-30-9-8-19(26-21(27)17-7-6-16(23)11-18(17)24)22(28)25-12-14-10-15-4-2-3-5-20(15)29-13-14/h2-7,11,14,19H,8-10,12-13H2,1H3,(H,25,28)(H,26,27). The van der Waals surface area contributed by atoms with Crippen molar-refractivity contribution in [2.24, 2.45) is 5.92 Å². The van der Waals surface area contributed by atoms with Crippen LogP contribution in [0.15, 0.2) is 42.5 Å². The molecule has 1 aliphatic heterocycles. The lowest BCUT2D eigenvalue weighted by atomic mass is 9.96. The van der Waals surface area contributed by atoms with Crippen molar-refractivity contribution in [3.8, 4) is 5.75 Å². The highest BCUT2D eigenvalue weighted by atomic mass is 35.5. The van der Waals surface area contributed by atoms with Crippen LogP contribution in [0.4, 0.5) is 0 Å². The van der Waals surface area contributed by atoms with Gasteiger partial charge in [-0.15, -0.1) is 0 Å². The molecular weight excluding hydrogens is 443 g/mol. The van der Waals surface area contributed by atoms with Gasteiger partial charge in [0.2, 0.25) is 5.91 Å². The molecule has 160 valence electrons. The molecule has 2 atom stereocenters. The van der Waals surface area contributed by atoms with Crippen molar-refractivity contribution in [1.29, 1.82) is 0 Å². The Morgan fingerprint density at radius 3 is 2.80 bits per heavy atom. The minimum absolute atomic E-state index is 0.187. The Balaban J connectivity index is 1.59. The average molecular weight is 467 g/mol. The fraction of sp³-hybridized carbons (Fsp3) is 0.364. The number of thioether (sulfide) groups is 1. The van der Waals surface area contributed by atoms with Gasteiger partial charge in [0.1, 0.15) is 11.8 Å². The number of hydrogen-bond donors (Lipinski definition) is 2. The van der Waals surface area contributed by atoms with E-state index in [0.717, 1.165) is 23.5 Å². The van der Waals surface area contributed by atoms with Crippen molar-refractivity contribution in [2.45, 2.75) is 18.9 Å². The van der Waals surface area contributed by atoms with E-state index in [-0.39, 0.29) is 16.8 Å². The van der Waals surface area contributed by atoms with Gasteiger partial charge in [0.25, 0.3) is 5.91 Å². The molecule has 0 saturated heterocycles. The van der Waals surface area contributed by atoms with Crippen LogP contribution in [0.2, 0.25) is 10.0 Å². The molecule has 0 spiro atoms. The number of halogens is 2. The Kier molecular flexibility index (Phi) is 8.31. The molecule has 5 nitrogen and oxygen atoms in total. The van der Waals surface area contributed by atoms with Gasteiger partial charge in [0.15, 0.2) is 0 Å². The van der Waals surface area contributed by atoms with Crippen LogP contribution in [-0.4, -0.2) is 43.0 Å². The largest absolute Gasteiger partial charge is 0.493 e. The minimum Gasteiger partial charge on any atom is -0.493 e. The van der Waals surface area contributed by atoms with Gasteiger partial charge in [-0.05, 0) is 54.7 Å². The highest BCUT2D eigenvalue weighted by Crippen LogP contribution is 2.26. The lowest BCUT2D eigenvalue weighted by Crippen LogP contribution is -2.48. The molecule has 0 aromatic heterocycles. The third kappa shape index (κ3) is 6.06. The Hall–Kier alpha value is -1.89. The minimum atomic E-state index is -0.645. The molecule has 2 unspecified atom stereocenters. The monoisotopic (exact) mass is 466 g/mol. The first-order chi connectivity index (χ1) is 14.5. The van der Waals surface area contributed by atoms with Crippen LogP contribution in [-0.2, 0) is 11.2 Å². The van der Waals surface area contributed by atoms with Gasteiger partial charge in [-0.2, -0.15) is 11.8 Å². The molecule has 2 N–H and O–H groups in total. The number of fused-ring (bicyclic) bond motifs is 1. The highest BCUT2D eigenvalue weighted by molar-refractivity contribution is 7.98. The summed E-state index contributed by atoms with van der Waals surface area (Å²) in [5.74, 6) is 1.23. The fourth-order valence-electron chi connectivity index (χ4n) is 3.30. The second kappa shape index (κ2) is 10.9. The molecule has 1 aliphatic rings. The van der Waals surface area contributed by atoms with Gasteiger partial charge >= 0.3 is 0 Å². The molecule has 8 heteroatoms. The van der Waals surface area contributed by atoms with Crippen molar-refractivity contribution in [2.75, 3.05) is 25.2 Å². The summed E-state index contributed by atoms with van der Waals surface area (Å²) in [5.41, 5.74) is 1.44. The van der Waals surface area contributed by atoms with Crippen LogP contribution in [0.5, 0.6) is 5.75 Å². The van der Waals surface area contributed by atoms with Crippen LogP contribution in [0.25, 0.3) is 0 Å². The van der Waals surface area contributed by atoms with E-state index < -0.39 is 11.9 Å². The first-order valence-electron chi connectivity index (χ1n) is 9.71. The Morgan fingerprint density at radius 1 is 1.23 bits per heavy atom. The van der Waals surface area contributed by atoms with Gasteiger partial charge in [-0.3, -0.25) is 9.59 Å². The van der Waals surface area contributed by atoms with Crippen LogP contribution >= 0.6 is 35.0 Å². The third-order valence-electron chi connectivity index (χ3n) is 4.93. The van der Waals surface area contributed by atoms with E-state index in [1.807, 2.05) is 30.5 Å². The number of benzene rings is 2. The molecule has 0 bridgehead atoms. The van der Waals surface area contributed by atoms with Gasteiger partial charge in [-0.25, -0.2) is 0 Å². The summed E-state index contributed by atoms with van der Waals surface area (Å²) < 4.78 is 5.79. The second-order valence-corrected chi connectivity index (χ2v) is 8.99. The van der Waals surface area contributed by atoms with Crippen molar-refractivity contribution in [3.05, 3.63) is 63.6 Å². The van der Waals surface area contributed by atoms with Crippen molar-refractivity contribution in [1.82, 2.24) is 10.6 Å². The summed E-state index contributed by atoms with van der Waals surface area (Å²) in [7, 11) is 0. The van der Waals surface area contributed by atoms with Gasteiger partial charge in [-0.1, -0.05) is 41.4 Å². The van der Waals surface area contributed by atoms with E-state index in [2.05, 4.69) is 10.6 Å². The van der Waals surface area contributed by atoms with E-state index in [0.29, 0.717) is 30.2 Å². The van der Waals surface area contributed by atoms with Crippen molar-refractivity contribution < 1.29 is 14.3 Å². The van der Waals surface area contributed by atoms with E-state index >= 15 is 0 Å². The molecule has 3 rings (SSSR count). The molecule has 0 saturated carbocycles. The van der Waals surface area contributed by atoms with E-state index in [4.69, 9.17) is 27.9 Å². The van der Waals surface area contributed by atoms with Gasteiger partial charge in [0, 0.05) is 17.5 Å². The molecule has 2 amide bonds. The van der Waals surface area contributed by atoms with E-state index in [9.17, 15) is 9.59 Å². The summed E-state index contributed by atoms with van der Waals surface area (Å²) in [6.45, 7) is 1.04. The molecule has 1 heterocycles. The van der Waals surface area contributed by atoms with Crippen LogP contribution in [0.3, 0.4) is 0 Å².